The minimum absolute atomic E-state index is 0.137. The van der Waals surface area contributed by atoms with Crippen LogP contribution in [-0.2, 0) is 4.79 Å². The molecule has 3 rings (SSSR count). The van der Waals surface area contributed by atoms with Crippen LogP contribution in [0, 0.1) is 17.2 Å². The van der Waals surface area contributed by atoms with Crippen LogP contribution >= 0.6 is 23.1 Å². The van der Waals surface area contributed by atoms with E-state index in [1.165, 1.54) is 11.8 Å². The summed E-state index contributed by atoms with van der Waals surface area (Å²) in [6.45, 7) is 3.58. The molecule has 2 aromatic heterocycles. The lowest BCUT2D eigenvalue weighted by Crippen LogP contribution is -2.51. The second-order valence-electron chi connectivity index (χ2n) is 4.65. The first-order valence-electron chi connectivity index (χ1n) is 6.40. The van der Waals surface area contributed by atoms with Crippen molar-refractivity contribution in [2.45, 2.75) is 5.16 Å². The highest BCUT2D eigenvalue weighted by Crippen LogP contribution is 2.29. The van der Waals surface area contributed by atoms with Crippen molar-refractivity contribution in [2.75, 3.05) is 5.75 Å². The fourth-order valence-corrected chi connectivity index (χ4v) is 3.93. The van der Waals surface area contributed by atoms with Crippen molar-refractivity contribution in [1.82, 2.24) is 14.6 Å². The van der Waals surface area contributed by atoms with E-state index in [1.54, 1.807) is 11.3 Å². The molecule has 2 heterocycles. The second kappa shape index (κ2) is 5.88. The average Bonchev–Trinajstić information content (AvgIpc) is 3.04. The lowest BCUT2D eigenvalue weighted by molar-refractivity contribution is -0.309. The van der Waals surface area contributed by atoms with Crippen molar-refractivity contribution >= 4 is 44.1 Å². The molecule has 8 heteroatoms. The maximum atomic E-state index is 12.0. The van der Waals surface area contributed by atoms with Gasteiger partial charge in [-0.15, -0.1) is 10.2 Å². The van der Waals surface area contributed by atoms with Crippen molar-refractivity contribution in [3.8, 4) is 6.07 Å². The molecule has 0 saturated heterocycles. The molecule has 110 valence electrons. The molecule has 1 atom stereocenters. The van der Waals surface area contributed by atoms with Crippen molar-refractivity contribution in [3.05, 3.63) is 36.5 Å². The number of rotatable bonds is 5. The molecule has 0 aliphatic carbocycles. The summed E-state index contributed by atoms with van der Waals surface area (Å²) in [7, 11) is 0. The zero-order valence-electron chi connectivity index (χ0n) is 11.5. The topological polar surface area (TPSA) is 98.7 Å². The molecule has 3 N–H and O–H groups in total. The largest absolute Gasteiger partial charge is 0.328 e. The number of thiazole rings is 1. The monoisotopic (exact) mass is 330 g/mol. The molecule has 0 spiro atoms. The zero-order chi connectivity index (χ0) is 15.7. The van der Waals surface area contributed by atoms with E-state index in [1.807, 2.05) is 34.7 Å². The summed E-state index contributed by atoms with van der Waals surface area (Å²) >= 11 is 2.82. The Morgan fingerprint density at radius 2 is 2.27 bits per heavy atom. The number of ketones is 1. The minimum Gasteiger partial charge on any atom is -0.328 e. The van der Waals surface area contributed by atoms with Crippen LogP contribution in [0.25, 0.3) is 15.2 Å². The van der Waals surface area contributed by atoms with Crippen LogP contribution in [0.15, 0.2) is 41.7 Å². The van der Waals surface area contributed by atoms with Gasteiger partial charge in [-0.3, -0.25) is 9.20 Å². The van der Waals surface area contributed by atoms with E-state index < -0.39 is 5.92 Å². The normalized spacial score (nSPS) is 12.4. The Labute approximate surface area is 134 Å². The molecule has 0 aliphatic heterocycles. The number of benzene rings is 1. The van der Waals surface area contributed by atoms with Gasteiger partial charge in [0.05, 0.1) is 22.0 Å². The quantitative estimate of drug-likeness (QED) is 0.715. The molecule has 0 fully saturated rings. The molecule has 0 amide bonds. The van der Waals surface area contributed by atoms with E-state index in [0.29, 0.717) is 10.9 Å². The Hall–Kier alpha value is -2.21. The summed E-state index contributed by atoms with van der Waals surface area (Å²) in [6.07, 6.45) is 0. The first-order chi connectivity index (χ1) is 10.6. The Morgan fingerprint density at radius 3 is 3.00 bits per heavy atom. The molecule has 6 nitrogen and oxygen atoms in total. The first kappa shape index (κ1) is 14.7. The average molecular weight is 330 g/mol. The number of thioether (sulfide) groups is 1. The minimum atomic E-state index is -0.866. The number of allylic oxidation sites excluding steroid dienone is 1. The van der Waals surface area contributed by atoms with Gasteiger partial charge in [0.1, 0.15) is 5.70 Å². The molecular formula is C14H12N5OS2+. The number of nitriles is 1. The molecule has 0 radical (unpaired) electrons. The Kier molecular flexibility index (Phi) is 3.94. The van der Waals surface area contributed by atoms with Gasteiger partial charge in [-0.05, 0) is 18.7 Å². The maximum absolute atomic E-state index is 12.0. The van der Waals surface area contributed by atoms with E-state index >= 15 is 0 Å². The van der Waals surface area contributed by atoms with Crippen LogP contribution in [0.2, 0.25) is 0 Å². The molecule has 22 heavy (non-hydrogen) atoms. The standard InChI is InChI=1S/C14H11N5OS2/c1-8(16)9(6-15)11(20)7-21-13-17-18-14-19(13)10-4-2-3-5-12(10)22-14/h2-5,9H,1,7,16H2/p+1/t9-/m1/s1. The Bertz CT molecular complexity index is 920. The summed E-state index contributed by atoms with van der Waals surface area (Å²) in [4.78, 5) is 12.8. The number of carbonyl (C=O) groups excluding carboxylic acids is 1. The first-order valence-corrected chi connectivity index (χ1v) is 8.20. The van der Waals surface area contributed by atoms with Gasteiger partial charge in [0.25, 0.3) is 0 Å². The third-order valence-corrected chi connectivity index (χ3v) is 5.08. The van der Waals surface area contributed by atoms with Crippen molar-refractivity contribution in [3.63, 3.8) is 0 Å². The molecule has 0 unspecified atom stereocenters. The summed E-state index contributed by atoms with van der Waals surface area (Å²) < 4.78 is 3.04. The summed E-state index contributed by atoms with van der Waals surface area (Å²) in [5.41, 5.74) is 4.91. The van der Waals surface area contributed by atoms with Gasteiger partial charge in [0.15, 0.2) is 16.9 Å². The number of hydrogen-bond donors (Lipinski definition) is 1. The maximum Gasteiger partial charge on any atom is 0.217 e. The smallest absolute Gasteiger partial charge is 0.217 e. The summed E-state index contributed by atoms with van der Waals surface area (Å²) in [5.74, 6) is -0.948. The molecule has 0 bridgehead atoms. The highest BCUT2D eigenvalue weighted by atomic mass is 32.2. The van der Waals surface area contributed by atoms with Crippen LogP contribution in [0.3, 0.4) is 0 Å². The van der Waals surface area contributed by atoms with Crippen molar-refractivity contribution < 1.29 is 10.5 Å². The number of hydrogen-bond acceptors (Lipinski definition) is 6. The van der Waals surface area contributed by atoms with Crippen LogP contribution in [0.1, 0.15) is 0 Å². The van der Waals surface area contributed by atoms with Gasteiger partial charge in [-0.25, -0.2) is 0 Å². The molecule has 0 aliphatic rings. The van der Waals surface area contributed by atoms with Gasteiger partial charge in [-0.1, -0.05) is 35.2 Å². The number of quaternary nitrogens is 1. The Morgan fingerprint density at radius 1 is 1.50 bits per heavy atom. The fraction of sp³-hybridized carbons (Fsp3) is 0.143. The number of aromatic nitrogens is 3. The van der Waals surface area contributed by atoms with Crippen LogP contribution in [-0.4, -0.2) is 26.1 Å². The third-order valence-electron chi connectivity index (χ3n) is 3.11. The van der Waals surface area contributed by atoms with E-state index in [9.17, 15) is 4.79 Å². The van der Waals surface area contributed by atoms with E-state index in [4.69, 9.17) is 5.26 Å². The van der Waals surface area contributed by atoms with Crippen LogP contribution in [0.4, 0.5) is 0 Å². The molecular weight excluding hydrogens is 318 g/mol. The number of fused-ring (bicyclic) bond motifs is 3. The third kappa shape index (κ3) is 2.50. The van der Waals surface area contributed by atoms with E-state index in [2.05, 4.69) is 22.5 Å². The highest BCUT2D eigenvalue weighted by molar-refractivity contribution is 7.99. The zero-order valence-corrected chi connectivity index (χ0v) is 13.2. The van der Waals surface area contributed by atoms with Gasteiger partial charge in [-0.2, -0.15) is 5.26 Å². The highest BCUT2D eigenvalue weighted by Gasteiger charge is 2.23. The second-order valence-corrected chi connectivity index (χ2v) is 6.60. The molecule has 3 aromatic rings. The Balaban J connectivity index is 1.87. The van der Waals surface area contributed by atoms with E-state index in [-0.39, 0.29) is 11.5 Å². The lowest BCUT2D eigenvalue weighted by atomic mass is 10.1. The lowest BCUT2D eigenvalue weighted by Gasteiger charge is -2.03. The number of nitrogens with zero attached hydrogens (tertiary/aromatic N) is 4. The van der Waals surface area contributed by atoms with Crippen molar-refractivity contribution in [2.24, 2.45) is 5.92 Å². The van der Waals surface area contributed by atoms with Gasteiger partial charge < -0.3 is 5.73 Å². The van der Waals surface area contributed by atoms with Gasteiger partial charge >= 0.3 is 0 Å². The summed E-state index contributed by atoms with van der Waals surface area (Å²) in [6, 6.07) is 9.86. The van der Waals surface area contributed by atoms with E-state index in [0.717, 1.165) is 15.2 Å². The van der Waals surface area contributed by atoms with Gasteiger partial charge in [0, 0.05) is 0 Å². The number of carbonyl (C=O) groups is 1. The summed E-state index contributed by atoms with van der Waals surface area (Å²) in [5, 5.41) is 17.9. The van der Waals surface area contributed by atoms with Gasteiger partial charge in [0.2, 0.25) is 4.96 Å². The number of Topliss-reactive ketones (excluding diaryl/α,β-unsaturated/α-hetero) is 1. The SMILES string of the molecule is C=C([NH3+])[C@@H](C#N)C(=O)CSc1nnc2sc3ccccc3n12. The fourth-order valence-electron chi connectivity index (χ4n) is 2.06. The molecule has 0 saturated carbocycles. The number of para-hydroxylation sites is 1. The van der Waals surface area contributed by atoms with Crippen molar-refractivity contribution in [1.29, 1.82) is 5.26 Å². The van der Waals surface area contributed by atoms with Crippen LogP contribution in [0.5, 0.6) is 0 Å². The predicted molar refractivity (Wildman–Crippen MR) is 85.2 cm³/mol. The predicted octanol–water partition coefficient (Wildman–Crippen LogP) is 1.50. The molecule has 1 aromatic carbocycles. The van der Waals surface area contributed by atoms with Crippen LogP contribution < -0.4 is 5.73 Å².